The third-order valence-corrected chi connectivity index (χ3v) is 8.97. The maximum absolute atomic E-state index is 11.1. The van der Waals surface area contributed by atoms with Crippen LogP contribution in [-0.4, -0.2) is 175 Å². The zero-order valence-electron chi connectivity index (χ0n) is 29.1. The van der Waals surface area contributed by atoms with Crippen molar-refractivity contribution >= 4 is 23.9 Å². The molecule has 2 rings (SSSR count). The van der Waals surface area contributed by atoms with Crippen LogP contribution >= 0.6 is 0 Å². The number of rotatable bonds is 25. The van der Waals surface area contributed by atoms with Crippen molar-refractivity contribution in [1.29, 1.82) is 0 Å². The molecule has 0 saturated carbocycles. The summed E-state index contributed by atoms with van der Waals surface area (Å²) in [5.74, 6) is -8.84. The highest BCUT2D eigenvalue weighted by atomic mass is 16.7. The van der Waals surface area contributed by atoms with Crippen molar-refractivity contribution in [1.82, 2.24) is 0 Å². The van der Waals surface area contributed by atoms with Gasteiger partial charge in [-0.1, -0.05) is 25.7 Å². The van der Waals surface area contributed by atoms with E-state index in [4.69, 9.17) is 48.8 Å². The van der Waals surface area contributed by atoms with Crippen LogP contribution < -0.4 is 0 Å². The molecule has 2 saturated heterocycles. The Morgan fingerprint density at radius 2 is 0.827 bits per heavy atom. The van der Waals surface area contributed by atoms with Gasteiger partial charge in [-0.05, 0) is 39.5 Å². The summed E-state index contributed by atoms with van der Waals surface area (Å²) in [6.45, 7) is 2.43. The number of ether oxygens (including phenoxy) is 6. The van der Waals surface area contributed by atoms with Gasteiger partial charge in [0.15, 0.2) is 24.4 Å². The Balaban J connectivity index is 2.16. The van der Waals surface area contributed by atoms with E-state index in [9.17, 15) is 49.8 Å². The fraction of sp³-hybridized carbons (Fsp3) is 0.875. The SMILES string of the molecule is C[C@@H]1O[C@@H](O[C@H](COCCCCCC(C(=O)O)C(=O)O)[C@@H](COCCCCCC(C(=O)O)C(=O)O)O[C@@H]2O[C@@H](C)[C@@H](O)[C@@H](O)[C@@H]2O)[C@@H](O)[C@H](O)[C@@H]1O. The number of carbonyl (C=O) groups is 4. The molecule has 10 N–H and O–H groups in total. The number of aliphatic hydroxyl groups excluding tert-OH is 6. The second kappa shape index (κ2) is 22.6. The van der Waals surface area contributed by atoms with E-state index >= 15 is 0 Å². The Morgan fingerprint density at radius 1 is 0.500 bits per heavy atom. The van der Waals surface area contributed by atoms with Crippen LogP contribution in [0.3, 0.4) is 0 Å². The molecule has 2 fully saturated rings. The van der Waals surface area contributed by atoms with Crippen LogP contribution in [0.5, 0.6) is 0 Å². The van der Waals surface area contributed by atoms with E-state index in [-0.39, 0.29) is 52.1 Å². The smallest absolute Gasteiger partial charge is 0.317 e. The standard InChI is InChI=1S/C32H54O20/c1-15-21(33)23(35)25(37)31(49-15)51-19(13-47-11-7-3-5-9-17(27(39)40)28(41)42)20(52-32-26(38)24(36)22(34)16(2)50-32)14-48-12-8-4-6-10-18(29(43)44)30(45)46/h15-26,31-38H,3-14H2,1-2H3,(H,39,40)(H,41,42)(H,43,44)(H,45,46)/t15-,16-,19+,20+,21+,22+,23+,24+,25-,26-,31-,32-/m0/s1. The topological polar surface area (TPSA) is 326 Å². The molecule has 0 radical (unpaired) electrons. The van der Waals surface area contributed by atoms with Crippen molar-refractivity contribution < 1.29 is 98.7 Å². The van der Waals surface area contributed by atoms with E-state index in [1.54, 1.807) is 0 Å². The molecular weight excluding hydrogens is 704 g/mol. The second-order valence-electron chi connectivity index (χ2n) is 13.0. The lowest BCUT2D eigenvalue weighted by Crippen LogP contribution is -2.60. The lowest BCUT2D eigenvalue weighted by Gasteiger charge is -2.43. The molecule has 12 atom stereocenters. The number of aliphatic carboxylic acids is 4. The summed E-state index contributed by atoms with van der Waals surface area (Å²) in [6, 6.07) is 0. The number of hydrogen-bond acceptors (Lipinski definition) is 16. The summed E-state index contributed by atoms with van der Waals surface area (Å²) in [5, 5.41) is 98.6. The number of carboxylic acid groups (broad SMARTS) is 4. The van der Waals surface area contributed by atoms with Gasteiger partial charge in [0.2, 0.25) is 0 Å². The first-order chi connectivity index (χ1) is 24.5. The third-order valence-electron chi connectivity index (χ3n) is 8.97. The van der Waals surface area contributed by atoms with Gasteiger partial charge >= 0.3 is 23.9 Å². The molecule has 0 aromatic heterocycles. The Kier molecular flexibility index (Phi) is 19.8. The predicted octanol–water partition coefficient (Wildman–Crippen LogP) is -1.86. The van der Waals surface area contributed by atoms with E-state index in [2.05, 4.69) is 0 Å². The van der Waals surface area contributed by atoms with Crippen molar-refractivity contribution in [3.63, 3.8) is 0 Å². The van der Waals surface area contributed by atoms with Gasteiger partial charge in [0.25, 0.3) is 0 Å². The van der Waals surface area contributed by atoms with E-state index < -0.39 is 109 Å². The maximum atomic E-state index is 11.1. The van der Waals surface area contributed by atoms with Gasteiger partial charge in [-0.15, -0.1) is 0 Å². The number of unbranched alkanes of at least 4 members (excludes halogenated alkanes) is 4. The van der Waals surface area contributed by atoms with Crippen LogP contribution in [-0.2, 0) is 47.6 Å². The van der Waals surface area contributed by atoms with Crippen LogP contribution in [0, 0.1) is 11.8 Å². The lowest BCUT2D eigenvalue weighted by atomic mass is 9.99. The Labute approximate surface area is 299 Å². The minimum absolute atomic E-state index is 0.0717. The summed E-state index contributed by atoms with van der Waals surface area (Å²) in [5.41, 5.74) is 0. The highest BCUT2D eigenvalue weighted by Crippen LogP contribution is 2.27. The summed E-state index contributed by atoms with van der Waals surface area (Å²) in [6.07, 6.45) is -15.2. The zero-order valence-corrected chi connectivity index (χ0v) is 29.1. The fourth-order valence-corrected chi connectivity index (χ4v) is 5.63. The average Bonchev–Trinajstić information content (AvgIpc) is 3.07. The second-order valence-corrected chi connectivity index (χ2v) is 13.0. The molecule has 0 aromatic carbocycles. The molecule has 0 amide bonds. The van der Waals surface area contributed by atoms with Crippen LogP contribution in [0.25, 0.3) is 0 Å². The molecule has 2 aliphatic rings. The zero-order chi connectivity index (χ0) is 39.1. The highest BCUT2D eigenvalue weighted by molar-refractivity contribution is 5.93. The molecule has 20 heteroatoms. The molecule has 2 heterocycles. The number of aliphatic hydroxyl groups is 6. The summed E-state index contributed by atoms with van der Waals surface area (Å²) >= 11 is 0. The van der Waals surface area contributed by atoms with Crippen LogP contribution in [0.2, 0.25) is 0 Å². The molecule has 20 nitrogen and oxygen atoms in total. The summed E-state index contributed by atoms with van der Waals surface area (Å²) < 4.78 is 34.8. The largest absolute Gasteiger partial charge is 0.481 e. The highest BCUT2D eigenvalue weighted by Gasteiger charge is 2.47. The van der Waals surface area contributed by atoms with E-state index in [1.165, 1.54) is 13.8 Å². The molecule has 0 bridgehead atoms. The first-order valence-electron chi connectivity index (χ1n) is 17.2. The van der Waals surface area contributed by atoms with Crippen LogP contribution in [0.15, 0.2) is 0 Å². The first kappa shape index (κ1) is 45.6. The summed E-state index contributed by atoms with van der Waals surface area (Å²) in [4.78, 5) is 44.5. The molecule has 0 unspecified atom stereocenters. The monoisotopic (exact) mass is 758 g/mol. The average molecular weight is 759 g/mol. The number of carboxylic acids is 4. The van der Waals surface area contributed by atoms with Gasteiger partial charge in [0, 0.05) is 13.2 Å². The van der Waals surface area contributed by atoms with Gasteiger partial charge in [0.1, 0.15) is 48.8 Å². The van der Waals surface area contributed by atoms with Gasteiger partial charge in [-0.3, -0.25) is 19.2 Å². The van der Waals surface area contributed by atoms with Crippen LogP contribution in [0.1, 0.15) is 65.2 Å². The van der Waals surface area contributed by atoms with Gasteiger partial charge in [0.05, 0.1) is 25.4 Å². The molecule has 0 aromatic rings. The van der Waals surface area contributed by atoms with Crippen molar-refractivity contribution in [2.24, 2.45) is 11.8 Å². The normalized spacial score (nSPS) is 30.7. The first-order valence-corrected chi connectivity index (χ1v) is 17.2. The summed E-state index contributed by atoms with van der Waals surface area (Å²) in [7, 11) is 0. The van der Waals surface area contributed by atoms with Gasteiger partial charge in [-0.25, -0.2) is 0 Å². The van der Waals surface area contributed by atoms with Crippen molar-refractivity contribution in [3.8, 4) is 0 Å². The van der Waals surface area contributed by atoms with E-state index in [0.29, 0.717) is 25.7 Å². The van der Waals surface area contributed by atoms with Crippen LogP contribution in [0.4, 0.5) is 0 Å². The minimum Gasteiger partial charge on any atom is -0.481 e. The Hall–Kier alpha value is -2.60. The minimum atomic E-state index is -1.74. The van der Waals surface area contributed by atoms with Crippen molar-refractivity contribution in [2.45, 2.75) is 139 Å². The van der Waals surface area contributed by atoms with Gasteiger partial charge in [-0.2, -0.15) is 0 Å². The molecule has 0 spiro atoms. The fourth-order valence-electron chi connectivity index (χ4n) is 5.63. The van der Waals surface area contributed by atoms with Crippen molar-refractivity contribution in [2.75, 3.05) is 26.4 Å². The molecule has 2 aliphatic heterocycles. The van der Waals surface area contributed by atoms with Gasteiger partial charge < -0.3 is 79.5 Å². The van der Waals surface area contributed by atoms with E-state index in [1.807, 2.05) is 0 Å². The van der Waals surface area contributed by atoms with E-state index in [0.717, 1.165) is 0 Å². The molecule has 52 heavy (non-hydrogen) atoms. The molecule has 302 valence electrons. The quantitative estimate of drug-likeness (QED) is 0.0360. The predicted molar refractivity (Wildman–Crippen MR) is 171 cm³/mol. The molecule has 0 aliphatic carbocycles. The maximum Gasteiger partial charge on any atom is 0.317 e. The lowest BCUT2D eigenvalue weighted by molar-refractivity contribution is -0.340. The third kappa shape index (κ3) is 14.0. The number of hydrogen-bond donors (Lipinski definition) is 10. The van der Waals surface area contributed by atoms with Crippen molar-refractivity contribution in [3.05, 3.63) is 0 Å². The molecular formula is C32H54O20. The Bertz CT molecular complexity index is 996. The Morgan fingerprint density at radius 3 is 1.13 bits per heavy atom.